The first kappa shape index (κ1) is 24.5. The van der Waals surface area contributed by atoms with Crippen molar-refractivity contribution in [3.63, 3.8) is 0 Å². The van der Waals surface area contributed by atoms with E-state index in [4.69, 9.17) is 0 Å². The van der Waals surface area contributed by atoms with Crippen LogP contribution in [0.25, 0.3) is 0 Å². The Morgan fingerprint density at radius 2 is 1.27 bits per heavy atom. The molecule has 1 nitrogen and oxygen atoms in total. The normalized spacial score (nSPS) is 12.2. The Labute approximate surface area is 185 Å². The van der Waals surface area contributed by atoms with Crippen LogP contribution >= 0.6 is 0 Å². The molecule has 0 amide bonds. The molecule has 0 aliphatic carbocycles. The van der Waals surface area contributed by atoms with Crippen LogP contribution in [-0.2, 0) is 19.3 Å². The van der Waals surface area contributed by atoms with Crippen molar-refractivity contribution in [3.05, 3.63) is 64.7 Å². The number of phenols is 1. The SMILES string of the molecule is CCCCCCCc1cccc(CC(C)c2ccccc2O)c1CCCCCCC. The molecule has 0 saturated carbocycles. The Morgan fingerprint density at radius 3 is 1.93 bits per heavy atom. The first-order valence-corrected chi connectivity index (χ1v) is 12.5. The first-order valence-electron chi connectivity index (χ1n) is 12.5. The van der Waals surface area contributed by atoms with Gasteiger partial charge in [-0.05, 0) is 66.3 Å². The summed E-state index contributed by atoms with van der Waals surface area (Å²) in [6.07, 6.45) is 16.8. The fourth-order valence-electron chi connectivity index (χ4n) is 4.60. The predicted molar refractivity (Wildman–Crippen MR) is 132 cm³/mol. The minimum absolute atomic E-state index is 0.324. The highest BCUT2D eigenvalue weighted by Crippen LogP contribution is 2.30. The van der Waals surface area contributed by atoms with Crippen molar-refractivity contribution in [2.45, 2.75) is 110 Å². The van der Waals surface area contributed by atoms with Gasteiger partial charge in [-0.3, -0.25) is 0 Å². The highest BCUT2D eigenvalue weighted by atomic mass is 16.3. The number of benzene rings is 2. The molecule has 0 fully saturated rings. The summed E-state index contributed by atoms with van der Waals surface area (Å²) in [5.41, 5.74) is 5.74. The van der Waals surface area contributed by atoms with Crippen LogP contribution in [0.4, 0.5) is 0 Å². The molecule has 2 rings (SSSR count). The number of hydrogen-bond acceptors (Lipinski definition) is 1. The third-order valence-corrected chi connectivity index (χ3v) is 6.44. The van der Waals surface area contributed by atoms with Crippen molar-refractivity contribution >= 4 is 0 Å². The number of aromatic hydroxyl groups is 1. The molecule has 0 aliphatic heterocycles. The second kappa shape index (κ2) is 14.3. The molecule has 0 bridgehead atoms. The predicted octanol–water partition coefficient (Wildman–Crippen LogP) is 8.76. The van der Waals surface area contributed by atoms with Gasteiger partial charge >= 0.3 is 0 Å². The summed E-state index contributed by atoms with van der Waals surface area (Å²) in [7, 11) is 0. The average molecular weight is 409 g/mol. The van der Waals surface area contributed by atoms with E-state index in [-0.39, 0.29) is 0 Å². The van der Waals surface area contributed by atoms with E-state index in [9.17, 15) is 5.11 Å². The van der Waals surface area contributed by atoms with Gasteiger partial charge in [-0.25, -0.2) is 0 Å². The van der Waals surface area contributed by atoms with Crippen molar-refractivity contribution in [1.29, 1.82) is 0 Å². The lowest BCUT2D eigenvalue weighted by Gasteiger charge is -2.19. The quantitative estimate of drug-likeness (QED) is 0.292. The zero-order valence-corrected chi connectivity index (χ0v) is 19.8. The topological polar surface area (TPSA) is 20.2 Å². The molecule has 166 valence electrons. The Balaban J connectivity index is 2.11. The maximum absolute atomic E-state index is 10.3. The van der Waals surface area contributed by atoms with Crippen molar-refractivity contribution in [3.8, 4) is 5.75 Å². The van der Waals surface area contributed by atoms with Crippen LogP contribution in [0, 0.1) is 0 Å². The van der Waals surface area contributed by atoms with E-state index in [0.717, 1.165) is 12.0 Å². The summed E-state index contributed by atoms with van der Waals surface area (Å²) in [5, 5.41) is 10.3. The molecule has 1 atom stereocenters. The largest absolute Gasteiger partial charge is 0.508 e. The smallest absolute Gasteiger partial charge is 0.119 e. The molecule has 1 unspecified atom stereocenters. The van der Waals surface area contributed by atoms with Crippen LogP contribution in [-0.4, -0.2) is 5.11 Å². The van der Waals surface area contributed by atoms with E-state index in [0.29, 0.717) is 11.7 Å². The number of rotatable bonds is 15. The molecule has 0 spiro atoms. The minimum atomic E-state index is 0.324. The monoisotopic (exact) mass is 408 g/mol. The van der Waals surface area contributed by atoms with E-state index in [2.05, 4.69) is 45.0 Å². The van der Waals surface area contributed by atoms with Gasteiger partial charge in [-0.1, -0.05) is 109 Å². The van der Waals surface area contributed by atoms with E-state index in [1.807, 2.05) is 18.2 Å². The standard InChI is InChI=1S/C29H44O/c1-4-6-8-10-12-17-25-18-16-19-26(28(25)21-13-11-9-7-5-2)23-24(3)27-20-14-15-22-29(27)30/h14-16,18-20,22,24,30H,4-13,17,21,23H2,1-3H3. The Bertz CT molecular complexity index is 718. The molecular formula is C29H44O. The van der Waals surface area contributed by atoms with Gasteiger partial charge in [-0.2, -0.15) is 0 Å². The fourth-order valence-corrected chi connectivity index (χ4v) is 4.60. The summed E-state index contributed by atoms with van der Waals surface area (Å²) in [4.78, 5) is 0. The van der Waals surface area contributed by atoms with E-state index in [1.165, 1.54) is 82.6 Å². The van der Waals surface area contributed by atoms with Crippen molar-refractivity contribution in [2.24, 2.45) is 0 Å². The van der Waals surface area contributed by atoms with Crippen LogP contribution in [0.2, 0.25) is 0 Å². The molecule has 1 N–H and O–H groups in total. The highest BCUT2D eigenvalue weighted by Gasteiger charge is 2.15. The van der Waals surface area contributed by atoms with Gasteiger partial charge in [0.15, 0.2) is 0 Å². The minimum Gasteiger partial charge on any atom is -0.508 e. The molecule has 2 aromatic rings. The van der Waals surface area contributed by atoms with Crippen LogP contribution in [0.3, 0.4) is 0 Å². The summed E-state index contributed by atoms with van der Waals surface area (Å²) >= 11 is 0. The Kier molecular flexibility index (Phi) is 11.7. The lowest BCUT2D eigenvalue weighted by Crippen LogP contribution is -2.06. The summed E-state index contributed by atoms with van der Waals surface area (Å²) < 4.78 is 0. The lowest BCUT2D eigenvalue weighted by molar-refractivity contribution is 0.462. The second-order valence-electron chi connectivity index (χ2n) is 9.05. The zero-order valence-electron chi connectivity index (χ0n) is 19.8. The molecule has 0 heterocycles. The van der Waals surface area contributed by atoms with Gasteiger partial charge in [-0.15, -0.1) is 0 Å². The second-order valence-corrected chi connectivity index (χ2v) is 9.05. The van der Waals surface area contributed by atoms with Crippen molar-refractivity contribution < 1.29 is 5.11 Å². The summed E-state index contributed by atoms with van der Waals surface area (Å²) in [5.74, 6) is 0.753. The molecule has 0 saturated heterocycles. The number of unbranched alkanes of at least 4 members (excludes halogenated alkanes) is 8. The Morgan fingerprint density at radius 1 is 0.667 bits per heavy atom. The molecule has 0 aromatic heterocycles. The fraction of sp³-hybridized carbons (Fsp3) is 0.586. The van der Waals surface area contributed by atoms with Gasteiger partial charge in [0.05, 0.1) is 0 Å². The molecule has 0 radical (unpaired) electrons. The number of para-hydroxylation sites is 1. The van der Waals surface area contributed by atoms with Crippen molar-refractivity contribution in [2.75, 3.05) is 0 Å². The van der Waals surface area contributed by atoms with Crippen LogP contribution in [0.5, 0.6) is 5.75 Å². The molecular weight excluding hydrogens is 364 g/mol. The van der Waals surface area contributed by atoms with Gasteiger partial charge in [0.2, 0.25) is 0 Å². The molecule has 1 heteroatoms. The third-order valence-electron chi connectivity index (χ3n) is 6.44. The van der Waals surface area contributed by atoms with E-state index in [1.54, 1.807) is 11.1 Å². The average Bonchev–Trinajstić information content (AvgIpc) is 2.75. The molecule has 2 aromatic carbocycles. The van der Waals surface area contributed by atoms with Gasteiger partial charge in [0.1, 0.15) is 5.75 Å². The highest BCUT2D eigenvalue weighted by molar-refractivity contribution is 5.40. The van der Waals surface area contributed by atoms with E-state index < -0.39 is 0 Å². The van der Waals surface area contributed by atoms with Gasteiger partial charge < -0.3 is 5.11 Å². The van der Waals surface area contributed by atoms with Crippen molar-refractivity contribution in [1.82, 2.24) is 0 Å². The number of aryl methyl sites for hydroxylation is 1. The number of hydrogen-bond donors (Lipinski definition) is 1. The molecule has 30 heavy (non-hydrogen) atoms. The van der Waals surface area contributed by atoms with Gasteiger partial charge in [0.25, 0.3) is 0 Å². The first-order chi connectivity index (χ1) is 14.7. The molecule has 0 aliphatic rings. The third kappa shape index (κ3) is 8.17. The summed E-state index contributed by atoms with van der Waals surface area (Å²) in [6, 6.07) is 14.8. The Hall–Kier alpha value is -1.76. The number of phenolic OH excluding ortho intramolecular Hbond substituents is 1. The van der Waals surface area contributed by atoms with Crippen LogP contribution < -0.4 is 0 Å². The van der Waals surface area contributed by atoms with E-state index >= 15 is 0 Å². The maximum atomic E-state index is 10.3. The summed E-state index contributed by atoms with van der Waals surface area (Å²) in [6.45, 7) is 6.82. The van der Waals surface area contributed by atoms with Crippen LogP contribution in [0.1, 0.15) is 113 Å². The van der Waals surface area contributed by atoms with Crippen LogP contribution in [0.15, 0.2) is 42.5 Å². The lowest BCUT2D eigenvalue weighted by atomic mass is 9.86. The van der Waals surface area contributed by atoms with Gasteiger partial charge in [0, 0.05) is 0 Å². The maximum Gasteiger partial charge on any atom is 0.119 e. The zero-order chi connectivity index (χ0) is 21.6.